The average molecular weight is 295 g/mol. The zero-order valence-corrected chi connectivity index (χ0v) is 12.1. The van der Waals surface area contributed by atoms with E-state index in [0.717, 1.165) is 22.9 Å². The molecule has 1 aromatic heterocycles. The van der Waals surface area contributed by atoms with Crippen molar-refractivity contribution in [2.75, 3.05) is 5.73 Å². The Balaban J connectivity index is 1.88. The predicted molar refractivity (Wildman–Crippen MR) is 80.9 cm³/mol. The van der Waals surface area contributed by atoms with Crippen LogP contribution >= 0.6 is 22.9 Å². The molecule has 0 aliphatic heterocycles. The van der Waals surface area contributed by atoms with Gasteiger partial charge in [-0.3, -0.25) is 4.79 Å². The lowest BCUT2D eigenvalue weighted by molar-refractivity contribution is 0.0954. The third-order valence-corrected chi connectivity index (χ3v) is 5.06. The second-order valence-electron chi connectivity index (χ2n) is 4.97. The van der Waals surface area contributed by atoms with Crippen LogP contribution < -0.4 is 11.1 Å². The lowest BCUT2D eigenvalue weighted by Gasteiger charge is -2.02. The summed E-state index contributed by atoms with van der Waals surface area (Å²) < 4.78 is 0.956. The number of nitrogens with one attached hydrogen (secondary N) is 1. The van der Waals surface area contributed by atoms with Gasteiger partial charge in [0.15, 0.2) is 0 Å². The van der Waals surface area contributed by atoms with Crippen molar-refractivity contribution < 1.29 is 4.79 Å². The first-order valence-electron chi connectivity index (χ1n) is 6.38. The minimum absolute atomic E-state index is 0.0595. The number of carbonyl (C=O) groups excluding carboxylic acids is 1. The summed E-state index contributed by atoms with van der Waals surface area (Å²) in [6.07, 6.45) is 2.20. The molecule has 1 amide bonds. The van der Waals surface area contributed by atoms with Gasteiger partial charge in [0.25, 0.3) is 5.91 Å². The van der Waals surface area contributed by atoms with Crippen molar-refractivity contribution in [3.8, 4) is 0 Å². The van der Waals surface area contributed by atoms with Crippen LogP contribution in [0.2, 0.25) is 5.02 Å². The summed E-state index contributed by atoms with van der Waals surface area (Å²) >= 11 is 7.36. The molecule has 0 spiro atoms. The molecule has 3 rings (SSSR count). The first kappa shape index (κ1) is 12.8. The van der Waals surface area contributed by atoms with Crippen molar-refractivity contribution in [2.45, 2.75) is 25.8 Å². The Kier molecular flexibility index (Phi) is 3.15. The predicted octanol–water partition coefficient (Wildman–Crippen LogP) is 3.67. The fourth-order valence-electron chi connectivity index (χ4n) is 2.37. The second-order valence-corrected chi connectivity index (χ2v) is 6.46. The average Bonchev–Trinajstić information content (AvgIpc) is 3.05. The van der Waals surface area contributed by atoms with Gasteiger partial charge in [0.05, 0.1) is 5.69 Å². The molecular weight excluding hydrogens is 280 g/mol. The number of nitrogens with two attached hydrogens (primary N) is 1. The van der Waals surface area contributed by atoms with Gasteiger partial charge < -0.3 is 11.1 Å². The summed E-state index contributed by atoms with van der Waals surface area (Å²) in [6, 6.07) is 5.83. The van der Waals surface area contributed by atoms with Crippen LogP contribution in [0.1, 0.15) is 29.4 Å². The maximum absolute atomic E-state index is 12.2. The topological polar surface area (TPSA) is 55.1 Å². The Morgan fingerprint density at radius 1 is 1.58 bits per heavy atom. The molecule has 2 aromatic rings. The number of anilines is 1. The summed E-state index contributed by atoms with van der Waals surface area (Å²) in [5.41, 5.74) is 6.62. The van der Waals surface area contributed by atoms with Gasteiger partial charge in [0.1, 0.15) is 4.88 Å². The van der Waals surface area contributed by atoms with E-state index >= 15 is 0 Å². The standard InChI is InChI=1S/C14H15ClN2OS/c1-2-7-5-10(7)17-14(18)13-12(16)9-4-3-8(15)6-11(9)19-13/h3-4,6-7,10H,2,5,16H2,1H3,(H,17,18). The maximum atomic E-state index is 12.2. The molecule has 3 N–H and O–H groups in total. The van der Waals surface area contributed by atoms with Crippen LogP contribution in [0.25, 0.3) is 10.1 Å². The molecule has 1 aliphatic carbocycles. The molecule has 1 heterocycles. The minimum atomic E-state index is -0.0595. The normalized spacial score (nSPS) is 21.6. The van der Waals surface area contributed by atoms with Crippen molar-refractivity contribution in [3.05, 3.63) is 28.1 Å². The molecular formula is C14H15ClN2OS. The summed E-state index contributed by atoms with van der Waals surface area (Å²) in [5.74, 6) is 0.574. The van der Waals surface area contributed by atoms with Gasteiger partial charge in [-0.2, -0.15) is 0 Å². The molecule has 2 atom stereocenters. The van der Waals surface area contributed by atoms with Crippen LogP contribution in [-0.4, -0.2) is 11.9 Å². The van der Waals surface area contributed by atoms with Crippen molar-refractivity contribution >= 4 is 44.6 Å². The molecule has 19 heavy (non-hydrogen) atoms. The number of benzene rings is 1. The van der Waals surface area contributed by atoms with Gasteiger partial charge in [0, 0.05) is 21.2 Å². The third-order valence-electron chi connectivity index (χ3n) is 3.66. The Labute approximate surface area is 120 Å². The van der Waals surface area contributed by atoms with Gasteiger partial charge >= 0.3 is 0 Å². The summed E-state index contributed by atoms with van der Waals surface area (Å²) in [4.78, 5) is 12.8. The molecule has 5 heteroatoms. The lowest BCUT2D eigenvalue weighted by atomic mass is 10.2. The Hall–Kier alpha value is -1.26. The van der Waals surface area contributed by atoms with Gasteiger partial charge in [0.2, 0.25) is 0 Å². The number of halogens is 1. The highest BCUT2D eigenvalue weighted by Crippen LogP contribution is 2.37. The molecule has 0 bridgehead atoms. The number of rotatable bonds is 3. The zero-order chi connectivity index (χ0) is 13.6. The highest BCUT2D eigenvalue weighted by molar-refractivity contribution is 7.21. The van der Waals surface area contributed by atoms with E-state index in [9.17, 15) is 4.79 Å². The molecule has 2 unspecified atom stereocenters. The molecule has 1 saturated carbocycles. The second kappa shape index (κ2) is 4.69. The van der Waals surface area contributed by atoms with Crippen LogP contribution in [-0.2, 0) is 0 Å². The number of fused-ring (bicyclic) bond motifs is 1. The number of amides is 1. The number of carbonyl (C=O) groups is 1. The van der Waals surface area contributed by atoms with Crippen LogP contribution in [0.4, 0.5) is 5.69 Å². The van der Waals surface area contributed by atoms with Crippen molar-refractivity contribution in [1.82, 2.24) is 5.32 Å². The van der Waals surface area contributed by atoms with E-state index in [4.69, 9.17) is 17.3 Å². The zero-order valence-electron chi connectivity index (χ0n) is 10.6. The molecule has 3 nitrogen and oxygen atoms in total. The van der Waals surface area contributed by atoms with E-state index in [-0.39, 0.29) is 5.91 Å². The van der Waals surface area contributed by atoms with Crippen LogP contribution in [0.3, 0.4) is 0 Å². The van der Waals surface area contributed by atoms with E-state index < -0.39 is 0 Å². The quantitative estimate of drug-likeness (QED) is 0.907. The number of hydrogen-bond acceptors (Lipinski definition) is 3. The highest BCUT2D eigenvalue weighted by Gasteiger charge is 2.37. The number of thiophene rings is 1. The van der Waals surface area contributed by atoms with E-state index in [1.165, 1.54) is 11.3 Å². The Morgan fingerprint density at radius 2 is 2.37 bits per heavy atom. The Morgan fingerprint density at radius 3 is 3.05 bits per heavy atom. The highest BCUT2D eigenvalue weighted by atomic mass is 35.5. The van der Waals surface area contributed by atoms with Crippen LogP contribution in [0.5, 0.6) is 0 Å². The molecule has 0 radical (unpaired) electrons. The first-order valence-corrected chi connectivity index (χ1v) is 7.58. The molecule has 100 valence electrons. The van der Waals surface area contributed by atoms with Crippen molar-refractivity contribution in [1.29, 1.82) is 0 Å². The fourth-order valence-corrected chi connectivity index (χ4v) is 3.67. The van der Waals surface area contributed by atoms with E-state index in [1.54, 1.807) is 6.07 Å². The van der Waals surface area contributed by atoms with Gasteiger partial charge in [-0.15, -0.1) is 11.3 Å². The van der Waals surface area contributed by atoms with Crippen LogP contribution in [0.15, 0.2) is 18.2 Å². The lowest BCUT2D eigenvalue weighted by Crippen LogP contribution is -2.26. The maximum Gasteiger partial charge on any atom is 0.263 e. The molecule has 1 fully saturated rings. The molecule has 1 aromatic carbocycles. The number of nitrogen functional groups attached to an aromatic ring is 1. The molecule has 0 saturated heterocycles. The fraction of sp³-hybridized carbons (Fsp3) is 0.357. The third kappa shape index (κ3) is 2.30. The molecule has 1 aliphatic rings. The van der Waals surface area contributed by atoms with Gasteiger partial charge in [-0.25, -0.2) is 0 Å². The largest absolute Gasteiger partial charge is 0.397 e. The summed E-state index contributed by atoms with van der Waals surface area (Å²) in [6.45, 7) is 2.15. The monoisotopic (exact) mass is 294 g/mol. The summed E-state index contributed by atoms with van der Waals surface area (Å²) in [7, 11) is 0. The van der Waals surface area contributed by atoms with E-state index in [1.807, 2.05) is 12.1 Å². The van der Waals surface area contributed by atoms with Gasteiger partial charge in [-0.05, 0) is 30.5 Å². The van der Waals surface area contributed by atoms with Crippen molar-refractivity contribution in [2.24, 2.45) is 5.92 Å². The van der Waals surface area contributed by atoms with E-state index in [2.05, 4.69) is 12.2 Å². The first-order chi connectivity index (χ1) is 9.10. The smallest absolute Gasteiger partial charge is 0.263 e. The van der Waals surface area contributed by atoms with Gasteiger partial charge in [-0.1, -0.05) is 24.9 Å². The number of hydrogen-bond donors (Lipinski definition) is 2. The van der Waals surface area contributed by atoms with E-state index in [0.29, 0.717) is 27.5 Å². The minimum Gasteiger partial charge on any atom is -0.397 e. The Bertz CT molecular complexity index is 652. The van der Waals surface area contributed by atoms with Crippen LogP contribution in [0, 0.1) is 5.92 Å². The SMILES string of the molecule is CCC1CC1NC(=O)c1sc2cc(Cl)ccc2c1N. The van der Waals surface area contributed by atoms with Crippen molar-refractivity contribution in [3.63, 3.8) is 0 Å². The summed E-state index contributed by atoms with van der Waals surface area (Å²) in [5, 5.41) is 4.61.